The lowest BCUT2D eigenvalue weighted by Crippen LogP contribution is -2.36. The van der Waals surface area contributed by atoms with Crippen LogP contribution in [0.3, 0.4) is 0 Å². The highest BCUT2D eigenvalue weighted by Gasteiger charge is 2.15. The summed E-state index contributed by atoms with van der Waals surface area (Å²) < 4.78 is 4.67. The van der Waals surface area contributed by atoms with Crippen molar-refractivity contribution in [3.05, 3.63) is 29.8 Å². The smallest absolute Gasteiger partial charge is 0.337 e. The summed E-state index contributed by atoms with van der Waals surface area (Å²) in [5, 5.41) is 2.78. The molecule has 0 aliphatic heterocycles. The molecule has 1 aromatic rings. The average Bonchev–Trinajstić information content (AvgIpc) is 2.45. The molecule has 6 nitrogen and oxygen atoms in total. The summed E-state index contributed by atoms with van der Waals surface area (Å²) in [6.07, 6.45) is 0.195. The molecule has 0 aliphatic rings. The minimum atomic E-state index is -0.470. The number of hydrogen-bond acceptors (Lipinski definition) is 4. The van der Waals surface area contributed by atoms with Gasteiger partial charge in [0.05, 0.1) is 12.7 Å². The van der Waals surface area contributed by atoms with Gasteiger partial charge in [-0.2, -0.15) is 0 Å². The van der Waals surface area contributed by atoms with Gasteiger partial charge in [-0.25, -0.2) is 4.79 Å². The Morgan fingerprint density at radius 3 is 2.50 bits per heavy atom. The standard InChI is InChI=1S/C16H22N2O4/c1-11(2)17-15(20)8-9-18(12(3)19)14-7-5-6-13(10-14)16(21)22-4/h5-7,10-11H,8-9H2,1-4H3,(H,17,20). The van der Waals surface area contributed by atoms with E-state index in [-0.39, 0.29) is 30.8 Å². The van der Waals surface area contributed by atoms with Gasteiger partial charge in [0.15, 0.2) is 0 Å². The van der Waals surface area contributed by atoms with Gasteiger partial charge in [0.2, 0.25) is 11.8 Å². The van der Waals surface area contributed by atoms with E-state index in [4.69, 9.17) is 0 Å². The van der Waals surface area contributed by atoms with E-state index in [0.29, 0.717) is 11.3 Å². The van der Waals surface area contributed by atoms with Gasteiger partial charge in [0.25, 0.3) is 0 Å². The monoisotopic (exact) mass is 306 g/mol. The van der Waals surface area contributed by atoms with Crippen molar-refractivity contribution >= 4 is 23.5 Å². The Bertz CT molecular complexity index is 555. The Morgan fingerprint density at radius 1 is 1.27 bits per heavy atom. The maximum absolute atomic E-state index is 11.8. The molecule has 0 atom stereocenters. The third-order valence-corrected chi connectivity index (χ3v) is 2.97. The lowest BCUT2D eigenvalue weighted by Gasteiger charge is -2.21. The quantitative estimate of drug-likeness (QED) is 0.812. The first-order chi connectivity index (χ1) is 10.3. The molecule has 0 bridgehead atoms. The van der Waals surface area contributed by atoms with E-state index in [1.165, 1.54) is 18.9 Å². The molecule has 1 N–H and O–H groups in total. The maximum Gasteiger partial charge on any atom is 0.337 e. The number of rotatable bonds is 6. The summed E-state index contributed by atoms with van der Waals surface area (Å²) in [6, 6.07) is 6.63. The van der Waals surface area contributed by atoms with Gasteiger partial charge in [-0.05, 0) is 32.0 Å². The van der Waals surface area contributed by atoms with Gasteiger partial charge in [0, 0.05) is 31.6 Å². The summed E-state index contributed by atoms with van der Waals surface area (Å²) in [5.74, 6) is -0.785. The molecule has 0 fully saturated rings. The molecule has 6 heteroatoms. The third-order valence-electron chi connectivity index (χ3n) is 2.97. The number of anilines is 1. The van der Waals surface area contributed by atoms with E-state index in [1.54, 1.807) is 24.3 Å². The highest BCUT2D eigenvalue weighted by molar-refractivity contribution is 5.95. The zero-order valence-electron chi connectivity index (χ0n) is 13.4. The van der Waals surface area contributed by atoms with Crippen molar-refractivity contribution in [3.63, 3.8) is 0 Å². The first-order valence-corrected chi connectivity index (χ1v) is 7.11. The van der Waals surface area contributed by atoms with E-state index in [9.17, 15) is 14.4 Å². The van der Waals surface area contributed by atoms with Crippen LogP contribution in [0, 0.1) is 0 Å². The number of carbonyl (C=O) groups is 3. The minimum Gasteiger partial charge on any atom is -0.465 e. The number of methoxy groups -OCH3 is 1. The van der Waals surface area contributed by atoms with Crippen LogP contribution in [0.4, 0.5) is 5.69 Å². The van der Waals surface area contributed by atoms with E-state index in [1.807, 2.05) is 13.8 Å². The largest absolute Gasteiger partial charge is 0.465 e. The van der Waals surface area contributed by atoms with Crippen molar-refractivity contribution < 1.29 is 19.1 Å². The number of amides is 2. The summed E-state index contributed by atoms with van der Waals surface area (Å²) in [7, 11) is 1.30. The normalized spacial score (nSPS) is 10.2. The van der Waals surface area contributed by atoms with Crippen molar-refractivity contribution in [1.29, 1.82) is 0 Å². The number of nitrogens with zero attached hydrogens (tertiary/aromatic N) is 1. The summed E-state index contributed by atoms with van der Waals surface area (Å²) >= 11 is 0. The molecule has 0 heterocycles. The Labute approximate surface area is 130 Å². The fourth-order valence-electron chi connectivity index (χ4n) is 1.99. The summed E-state index contributed by atoms with van der Waals surface area (Å²) in [4.78, 5) is 36.5. The molecule has 0 radical (unpaired) electrons. The van der Waals surface area contributed by atoms with E-state index < -0.39 is 5.97 Å². The second kappa shape index (κ2) is 8.17. The Kier molecular flexibility index (Phi) is 6.56. The zero-order chi connectivity index (χ0) is 16.7. The van der Waals surface area contributed by atoms with Crippen molar-refractivity contribution in [2.45, 2.75) is 33.2 Å². The van der Waals surface area contributed by atoms with Gasteiger partial charge in [-0.1, -0.05) is 6.07 Å². The number of ether oxygens (including phenoxy) is 1. The van der Waals surface area contributed by atoms with Crippen LogP contribution in [0.15, 0.2) is 24.3 Å². The lowest BCUT2D eigenvalue weighted by atomic mass is 10.1. The first kappa shape index (κ1) is 17.7. The summed E-state index contributed by atoms with van der Waals surface area (Å²) in [6.45, 7) is 5.42. The Hall–Kier alpha value is -2.37. The second-order valence-electron chi connectivity index (χ2n) is 5.18. The summed E-state index contributed by atoms with van der Waals surface area (Å²) in [5.41, 5.74) is 0.922. The molecule has 1 aromatic carbocycles. The van der Waals surface area contributed by atoms with Crippen LogP contribution in [0.25, 0.3) is 0 Å². The SMILES string of the molecule is COC(=O)c1cccc(N(CCC(=O)NC(C)C)C(C)=O)c1. The Balaban J connectivity index is 2.85. The first-order valence-electron chi connectivity index (χ1n) is 7.11. The Morgan fingerprint density at radius 2 is 1.95 bits per heavy atom. The second-order valence-corrected chi connectivity index (χ2v) is 5.18. The number of nitrogens with one attached hydrogen (secondary N) is 1. The molecule has 120 valence electrons. The van der Waals surface area contributed by atoms with Crippen LogP contribution < -0.4 is 10.2 Å². The number of hydrogen-bond donors (Lipinski definition) is 1. The molecular formula is C16H22N2O4. The molecule has 0 saturated heterocycles. The predicted molar refractivity (Wildman–Crippen MR) is 83.7 cm³/mol. The van der Waals surface area contributed by atoms with Gasteiger partial charge >= 0.3 is 5.97 Å². The highest BCUT2D eigenvalue weighted by Crippen LogP contribution is 2.17. The molecule has 22 heavy (non-hydrogen) atoms. The van der Waals surface area contributed by atoms with E-state index >= 15 is 0 Å². The van der Waals surface area contributed by atoms with Gasteiger partial charge in [0.1, 0.15) is 0 Å². The highest BCUT2D eigenvalue weighted by atomic mass is 16.5. The number of esters is 1. The molecular weight excluding hydrogens is 284 g/mol. The van der Waals surface area contributed by atoms with Crippen molar-refractivity contribution in [3.8, 4) is 0 Å². The minimum absolute atomic E-state index is 0.0564. The predicted octanol–water partition coefficient (Wildman–Crippen LogP) is 1.74. The molecule has 0 spiro atoms. The number of benzene rings is 1. The van der Waals surface area contributed by atoms with Crippen LogP contribution in [0.1, 0.15) is 37.6 Å². The molecule has 0 aromatic heterocycles. The van der Waals surface area contributed by atoms with Crippen LogP contribution in [0.2, 0.25) is 0 Å². The lowest BCUT2D eigenvalue weighted by molar-refractivity contribution is -0.121. The van der Waals surface area contributed by atoms with Crippen molar-refractivity contribution in [2.75, 3.05) is 18.6 Å². The molecule has 0 saturated carbocycles. The maximum atomic E-state index is 11.8. The molecule has 2 amide bonds. The van der Waals surface area contributed by atoms with Crippen molar-refractivity contribution in [1.82, 2.24) is 5.32 Å². The van der Waals surface area contributed by atoms with Gasteiger partial charge < -0.3 is 15.0 Å². The van der Waals surface area contributed by atoms with Crippen LogP contribution in [-0.2, 0) is 14.3 Å². The molecule has 1 rings (SSSR count). The van der Waals surface area contributed by atoms with Crippen LogP contribution in [-0.4, -0.2) is 37.5 Å². The fourth-order valence-corrected chi connectivity index (χ4v) is 1.99. The molecule has 0 aliphatic carbocycles. The number of carbonyl (C=O) groups excluding carboxylic acids is 3. The fraction of sp³-hybridized carbons (Fsp3) is 0.438. The van der Waals surface area contributed by atoms with Crippen LogP contribution in [0.5, 0.6) is 0 Å². The average molecular weight is 306 g/mol. The van der Waals surface area contributed by atoms with E-state index in [0.717, 1.165) is 0 Å². The third kappa shape index (κ3) is 5.20. The zero-order valence-corrected chi connectivity index (χ0v) is 13.4. The van der Waals surface area contributed by atoms with Crippen LogP contribution >= 0.6 is 0 Å². The molecule has 0 unspecified atom stereocenters. The van der Waals surface area contributed by atoms with Gasteiger partial charge in [-0.15, -0.1) is 0 Å². The van der Waals surface area contributed by atoms with Gasteiger partial charge in [-0.3, -0.25) is 9.59 Å². The van der Waals surface area contributed by atoms with Crippen molar-refractivity contribution in [2.24, 2.45) is 0 Å². The van der Waals surface area contributed by atoms with E-state index in [2.05, 4.69) is 10.1 Å². The topological polar surface area (TPSA) is 75.7 Å².